The van der Waals surface area contributed by atoms with Gasteiger partial charge in [0.2, 0.25) is 0 Å². The molecule has 35 heavy (non-hydrogen) atoms. The quantitative estimate of drug-likeness (QED) is 0.530. The van der Waals surface area contributed by atoms with E-state index in [1.807, 2.05) is 76.2 Å². The van der Waals surface area contributed by atoms with Gasteiger partial charge in [-0.05, 0) is 52.0 Å². The predicted octanol–water partition coefficient (Wildman–Crippen LogP) is 4.98. The summed E-state index contributed by atoms with van der Waals surface area (Å²) in [7, 11) is 0. The van der Waals surface area contributed by atoms with Gasteiger partial charge in [0.05, 0.1) is 24.5 Å². The van der Waals surface area contributed by atoms with Crippen LogP contribution in [0.3, 0.4) is 0 Å². The van der Waals surface area contributed by atoms with Gasteiger partial charge in [0, 0.05) is 21.9 Å². The second-order valence-electron chi connectivity index (χ2n) is 8.51. The molecule has 2 aromatic rings. The third-order valence-corrected chi connectivity index (χ3v) is 6.03. The number of urea groups is 1. The molecule has 0 aliphatic carbocycles. The van der Waals surface area contributed by atoms with Crippen molar-refractivity contribution < 1.29 is 23.9 Å². The molecular weight excluding hydrogens is 468 g/mol. The van der Waals surface area contributed by atoms with Gasteiger partial charge < -0.3 is 25.0 Å². The molecule has 0 bridgehead atoms. The third kappa shape index (κ3) is 7.29. The fourth-order valence-electron chi connectivity index (χ4n) is 3.41. The van der Waals surface area contributed by atoms with Crippen molar-refractivity contribution in [3.05, 3.63) is 48.5 Å². The highest BCUT2D eigenvalue weighted by Crippen LogP contribution is 2.48. The van der Waals surface area contributed by atoms with E-state index in [0.29, 0.717) is 0 Å². The maximum absolute atomic E-state index is 13.9. The molecule has 188 valence electrons. The lowest BCUT2D eigenvalue weighted by Crippen LogP contribution is -2.46. The molecule has 2 aromatic carbocycles. The number of rotatable bonds is 8. The van der Waals surface area contributed by atoms with E-state index in [2.05, 4.69) is 10.6 Å². The molecule has 0 radical (unpaired) electrons. The minimum absolute atomic E-state index is 0.00559. The molecule has 0 spiro atoms. The predicted molar refractivity (Wildman–Crippen MR) is 135 cm³/mol. The van der Waals surface area contributed by atoms with Gasteiger partial charge in [-0.25, -0.2) is 14.4 Å². The first-order valence-electron chi connectivity index (χ1n) is 11.6. The standard InChI is InChI=1S/C25H32N4O5S/c1-17(2)26-23(30)33-15-13-28(14-16-34-24(31)27-18(3)4)25(32)29-19-9-5-7-11-21(19)35-22-12-8-6-10-20(22)29/h5-12,17-18H,13-16H2,1-4H3,(H,26,30)(H,27,31). The van der Waals surface area contributed by atoms with E-state index < -0.39 is 12.2 Å². The highest BCUT2D eigenvalue weighted by molar-refractivity contribution is 7.99. The number of ether oxygens (including phenoxy) is 2. The molecule has 0 saturated carbocycles. The zero-order valence-electron chi connectivity index (χ0n) is 20.4. The van der Waals surface area contributed by atoms with Crippen LogP contribution in [0.15, 0.2) is 58.3 Å². The van der Waals surface area contributed by atoms with Crippen molar-refractivity contribution in [2.75, 3.05) is 31.2 Å². The van der Waals surface area contributed by atoms with E-state index in [1.165, 1.54) is 4.90 Å². The number of amides is 4. The lowest BCUT2D eigenvalue weighted by atomic mass is 10.2. The van der Waals surface area contributed by atoms with E-state index in [9.17, 15) is 14.4 Å². The van der Waals surface area contributed by atoms with E-state index in [-0.39, 0.29) is 44.4 Å². The summed E-state index contributed by atoms with van der Waals surface area (Å²) < 4.78 is 10.5. The van der Waals surface area contributed by atoms with Crippen LogP contribution < -0.4 is 15.5 Å². The average Bonchev–Trinajstić information content (AvgIpc) is 2.80. The van der Waals surface area contributed by atoms with Crippen LogP contribution in [0.4, 0.5) is 25.8 Å². The smallest absolute Gasteiger partial charge is 0.407 e. The Labute approximate surface area is 210 Å². The first-order chi connectivity index (χ1) is 16.8. The number of anilines is 2. The second kappa shape index (κ2) is 12.3. The summed E-state index contributed by atoms with van der Waals surface area (Å²) in [6.45, 7) is 7.59. The fourth-order valence-corrected chi connectivity index (χ4v) is 4.46. The molecule has 2 N–H and O–H groups in total. The van der Waals surface area contributed by atoms with E-state index in [1.54, 1.807) is 16.7 Å². The number of hydrogen-bond donors (Lipinski definition) is 2. The number of benzene rings is 2. The van der Waals surface area contributed by atoms with Crippen molar-refractivity contribution in [1.82, 2.24) is 15.5 Å². The topological polar surface area (TPSA) is 100 Å². The summed E-state index contributed by atoms with van der Waals surface area (Å²) in [6, 6.07) is 14.9. The minimum Gasteiger partial charge on any atom is -0.448 e. The Balaban J connectivity index is 1.79. The molecule has 1 aliphatic rings. The normalized spacial score (nSPS) is 12.0. The molecule has 0 atom stereocenters. The molecule has 0 aromatic heterocycles. The Morgan fingerprint density at radius 1 is 0.800 bits per heavy atom. The summed E-state index contributed by atoms with van der Waals surface area (Å²) >= 11 is 1.60. The van der Waals surface area contributed by atoms with Gasteiger partial charge in [-0.3, -0.25) is 4.90 Å². The summed E-state index contributed by atoms with van der Waals surface area (Å²) in [5.41, 5.74) is 1.53. The van der Waals surface area contributed by atoms with Crippen molar-refractivity contribution in [3.8, 4) is 0 Å². The zero-order chi connectivity index (χ0) is 25.4. The van der Waals surface area contributed by atoms with Crippen molar-refractivity contribution in [3.63, 3.8) is 0 Å². The van der Waals surface area contributed by atoms with E-state index in [0.717, 1.165) is 21.2 Å². The lowest BCUT2D eigenvalue weighted by Gasteiger charge is -2.35. The van der Waals surface area contributed by atoms with Crippen molar-refractivity contribution >= 4 is 41.4 Å². The first-order valence-corrected chi connectivity index (χ1v) is 12.4. The molecule has 0 unspecified atom stereocenters. The highest BCUT2D eigenvalue weighted by atomic mass is 32.2. The SMILES string of the molecule is CC(C)NC(=O)OCCN(CCOC(=O)NC(C)C)C(=O)N1c2ccccc2Sc2ccccc21. The Kier molecular flexibility index (Phi) is 9.25. The molecule has 0 fully saturated rings. The third-order valence-electron chi connectivity index (χ3n) is 4.90. The highest BCUT2D eigenvalue weighted by Gasteiger charge is 2.31. The van der Waals surface area contributed by atoms with Crippen molar-refractivity contribution in [2.45, 2.75) is 49.6 Å². The van der Waals surface area contributed by atoms with Gasteiger partial charge in [0.25, 0.3) is 0 Å². The summed E-state index contributed by atoms with van der Waals surface area (Å²) in [6.07, 6.45) is -1.10. The van der Waals surface area contributed by atoms with Crippen LogP contribution in [0.5, 0.6) is 0 Å². The summed E-state index contributed by atoms with van der Waals surface area (Å²) in [4.78, 5) is 42.8. The second-order valence-corrected chi connectivity index (χ2v) is 9.60. The van der Waals surface area contributed by atoms with Gasteiger partial charge in [0.1, 0.15) is 13.2 Å². The lowest BCUT2D eigenvalue weighted by molar-refractivity contribution is 0.112. The number of alkyl carbamates (subject to hydrolysis) is 2. The van der Waals surface area contributed by atoms with Crippen molar-refractivity contribution in [2.24, 2.45) is 0 Å². The number of para-hydroxylation sites is 2. The number of carbonyl (C=O) groups is 3. The summed E-state index contributed by atoms with van der Waals surface area (Å²) in [5.74, 6) is 0. The molecule has 3 rings (SSSR count). The number of fused-ring (bicyclic) bond motifs is 2. The van der Waals surface area contributed by atoms with Crippen LogP contribution >= 0.6 is 11.8 Å². The molecule has 1 aliphatic heterocycles. The van der Waals surface area contributed by atoms with E-state index >= 15 is 0 Å². The van der Waals surface area contributed by atoms with Gasteiger partial charge in [0.15, 0.2) is 0 Å². The van der Waals surface area contributed by atoms with E-state index in [4.69, 9.17) is 9.47 Å². The molecule has 10 heteroatoms. The Hall–Kier alpha value is -3.40. The van der Waals surface area contributed by atoms with Gasteiger partial charge in [-0.15, -0.1) is 0 Å². The largest absolute Gasteiger partial charge is 0.448 e. The number of hydrogen-bond acceptors (Lipinski definition) is 6. The molecule has 1 heterocycles. The Bertz CT molecular complexity index is 973. The average molecular weight is 501 g/mol. The van der Waals surface area contributed by atoms with Crippen LogP contribution in [0.1, 0.15) is 27.7 Å². The number of carbonyl (C=O) groups excluding carboxylic acids is 3. The minimum atomic E-state index is -0.551. The number of nitrogens with one attached hydrogen (secondary N) is 2. The molecule has 4 amide bonds. The van der Waals surface area contributed by atoms with Crippen LogP contribution in [-0.2, 0) is 9.47 Å². The van der Waals surface area contributed by atoms with Crippen LogP contribution in [0, 0.1) is 0 Å². The maximum atomic E-state index is 13.9. The molecule has 9 nitrogen and oxygen atoms in total. The van der Waals surface area contributed by atoms with Crippen LogP contribution in [0.2, 0.25) is 0 Å². The van der Waals surface area contributed by atoms with Crippen LogP contribution in [-0.4, -0.2) is 61.5 Å². The van der Waals surface area contributed by atoms with Gasteiger partial charge in [-0.1, -0.05) is 36.0 Å². The summed E-state index contributed by atoms with van der Waals surface area (Å²) in [5, 5.41) is 5.31. The Morgan fingerprint density at radius 3 is 1.66 bits per heavy atom. The zero-order valence-corrected chi connectivity index (χ0v) is 21.3. The van der Waals surface area contributed by atoms with Gasteiger partial charge >= 0.3 is 18.2 Å². The monoisotopic (exact) mass is 500 g/mol. The number of nitrogens with zero attached hydrogens (tertiary/aromatic N) is 2. The van der Waals surface area contributed by atoms with Gasteiger partial charge in [-0.2, -0.15) is 0 Å². The fraction of sp³-hybridized carbons (Fsp3) is 0.400. The molecule has 0 saturated heterocycles. The van der Waals surface area contributed by atoms with Crippen molar-refractivity contribution in [1.29, 1.82) is 0 Å². The first kappa shape index (κ1) is 26.2. The maximum Gasteiger partial charge on any atom is 0.407 e. The van der Waals surface area contributed by atoms with Crippen LogP contribution in [0.25, 0.3) is 0 Å². The molecular formula is C25H32N4O5S. The Morgan fingerprint density at radius 2 is 1.23 bits per heavy atom.